The molecule has 0 radical (unpaired) electrons. The monoisotopic (exact) mass is 465 g/mol. The van der Waals surface area contributed by atoms with Crippen molar-refractivity contribution in [2.45, 2.75) is 32.0 Å². The van der Waals surface area contributed by atoms with E-state index >= 15 is 0 Å². The quantitative estimate of drug-likeness (QED) is 0.683. The van der Waals surface area contributed by atoms with Gasteiger partial charge < -0.3 is 24.3 Å². The van der Waals surface area contributed by atoms with E-state index in [-0.39, 0.29) is 34.7 Å². The molecule has 33 heavy (non-hydrogen) atoms. The second-order valence-corrected chi connectivity index (χ2v) is 7.79. The number of likely N-dealkylation sites (N-methyl/N-ethyl adjacent to an activating group) is 1. The van der Waals surface area contributed by atoms with Crippen LogP contribution < -0.4 is 15.5 Å². The highest BCUT2D eigenvalue weighted by Crippen LogP contribution is 2.35. The molecule has 1 fully saturated rings. The van der Waals surface area contributed by atoms with E-state index in [1.165, 1.54) is 13.3 Å². The molecule has 2 amide bonds. The zero-order valence-corrected chi connectivity index (χ0v) is 18.0. The van der Waals surface area contributed by atoms with Crippen LogP contribution in [0, 0.1) is 17.5 Å². The maximum absolute atomic E-state index is 13.9. The van der Waals surface area contributed by atoms with E-state index in [2.05, 4.69) is 5.32 Å². The molecule has 2 aliphatic heterocycles. The molecule has 3 heterocycles. The number of amides is 2. The van der Waals surface area contributed by atoms with Gasteiger partial charge in [0.1, 0.15) is 11.4 Å². The minimum atomic E-state index is -1.35. The summed E-state index contributed by atoms with van der Waals surface area (Å²) in [7, 11) is 1.23. The zero-order chi connectivity index (χ0) is 23.9. The summed E-state index contributed by atoms with van der Waals surface area (Å²) in [5, 5.41) is 2.35. The smallest absolute Gasteiger partial charge is 0.274 e. The molecule has 0 saturated carbocycles. The van der Waals surface area contributed by atoms with Gasteiger partial charge in [0.2, 0.25) is 5.43 Å². The Labute approximate surface area is 186 Å². The lowest BCUT2D eigenvalue weighted by Crippen LogP contribution is -2.55. The Kier molecular flexibility index (Phi) is 6.15. The highest BCUT2D eigenvalue weighted by molar-refractivity contribution is 5.99. The van der Waals surface area contributed by atoms with Crippen LogP contribution in [-0.4, -0.2) is 54.2 Å². The number of hydrogen-bond donors (Lipinski definition) is 1. The first-order valence-corrected chi connectivity index (χ1v) is 10.4. The molecule has 176 valence electrons. The van der Waals surface area contributed by atoms with Gasteiger partial charge in [0.05, 0.1) is 25.8 Å². The molecule has 2 aromatic rings. The number of pyridine rings is 1. The van der Waals surface area contributed by atoms with Crippen molar-refractivity contribution in [2.24, 2.45) is 0 Å². The van der Waals surface area contributed by atoms with E-state index in [0.717, 1.165) is 0 Å². The molecule has 0 unspecified atom stereocenters. The van der Waals surface area contributed by atoms with Gasteiger partial charge in [0.25, 0.3) is 11.8 Å². The average molecular weight is 465 g/mol. The van der Waals surface area contributed by atoms with Gasteiger partial charge >= 0.3 is 0 Å². The Morgan fingerprint density at radius 1 is 1.18 bits per heavy atom. The number of fused-ring (bicyclic) bond motifs is 3. The first kappa shape index (κ1) is 22.8. The molecule has 11 heteroatoms. The van der Waals surface area contributed by atoms with E-state index in [4.69, 9.17) is 9.47 Å². The standard InChI is InChI=1S/C22H22F3N3O5/c1-3-27-17-10-33-5-4-16(17)28-9-12(19(29)20(32-2)18(28)22(27)31)21(30)26-8-11-6-14(24)15(25)7-13(11)23/h6-7,9,16-17H,3-5,8,10H2,1-2H3,(H,26,30)/t16-,17+/m0/s1. The number of halogens is 3. The molecule has 0 aliphatic carbocycles. The molecular formula is C22H22F3N3O5. The number of nitrogens with zero attached hydrogens (tertiary/aromatic N) is 2. The van der Waals surface area contributed by atoms with Gasteiger partial charge in [-0.15, -0.1) is 0 Å². The number of methoxy groups -OCH3 is 1. The summed E-state index contributed by atoms with van der Waals surface area (Å²) >= 11 is 0. The molecule has 2 atom stereocenters. The molecule has 0 bridgehead atoms. The Morgan fingerprint density at radius 2 is 1.91 bits per heavy atom. The van der Waals surface area contributed by atoms with Crippen LogP contribution in [0.15, 0.2) is 23.1 Å². The van der Waals surface area contributed by atoms with Crippen molar-refractivity contribution in [3.8, 4) is 5.75 Å². The Hall–Kier alpha value is -3.34. The summed E-state index contributed by atoms with van der Waals surface area (Å²) in [6.07, 6.45) is 1.85. The Bertz CT molecular complexity index is 1180. The highest BCUT2D eigenvalue weighted by atomic mass is 19.2. The minimum Gasteiger partial charge on any atom is -0.491 e. The molecule has 2 aliphatic rings. The van der Waals surface area contributed by atoms with E-state index in [0.29, 0.717) is 38.3 Å². The summed E-state index contributed by atoms with van der Waals surface area (Å²) in [6.45, 7) is 2.51. The summed E-state index contributed by atoms with van der Waals surface area (Å²) in [5.74, 6) is -5.20. The number of benzene rings is 1. The van der Waals surface area contributed by atoms with Crippen LogP contribution in [0.5, 0.6) is 5.75 Å². The van der Waals surface area contributed by atoms with Gasteiger partial charge in [0, 0.05) is 37.5 Å². The van der Waals surface area contributed by atoms with Crippen molar-refractivity contribution < 1.29 is 32.2 Å². The Morgan fingerprint density at radius 3 is 2.61 bits per heavy atom. The van der Waals surface area contributed by atoms with Crippen molar-refractivity contribution in [1.29, 1.82) is 0 Å². The van der Waals surface area contributed by atoms with Crippen LogP contribution >= 0.6 is 0 Å². The second kappa shape index (κ2) is 8.89. The summed E-state index contributed by atoms with van der Waals surface area (Å²) < 4.78 is 52.9. The maximum atomic E-state index is 13.9. The number of carbonyl (C=O) groups is 2. The number of hydrogen-bond acceptors (Lipinski definition) is 5. The topological polar surface area (TPSA) is 89.9 Å². The fourth-order valence-corrected chi connectivity index (χ4v) is 4.40. The lowest BCUT2D eigenvalue weighted by atomic mass is 9.96. The number of rotatable bonds is 5. The van der Waals surface area contributed by atoms with Crippen LogP contribution in [-0.2, 0) is 11.3 Å². The molecule has 4 rings (SSSR count). The van der Waals surface area contributed by atoms with Crippen LogP contribution in [0.1, 0.15) is 45.8 Å². The second-order valence-electron chi connectivity index (χ2n) is 7.79. The predicted molar refractivity (Wildman–Crippen MR) is 110 cm³/mol. The molecule has 1 aromatic carbocycles. The van der Waals surface area contributed by atoms with Gasteiger partial charge in [-0.25, -0.2) is 13.2 Å². The van der Waals surface area contributed by atoms with Crippen molar-refractivity contribution >= 4 is 11.8 Å². The average Bonchev–Trinajstić information content (AvgIpc) is 2.80. The van der Waals surface area contributed by atoms with E-state index < -0.39 is 41.2 Å². The van der Waals surface area contributed by atoms with Crippen molar-refractivity contribution in [1.82, 2.24) is 14.8 Å². The van der Waals surface area contributed by atoms with Crippen LogP contribution in [0.2, 0.25) is 0 Å². The fraction of sp³-hybridized carbons (Fsp3) is 0.409. The molecule has 1 N–H and O–H groups in total. The van der Waals surface area contributed by atoms with Gasteiger partial charge in [-0.05, 0) is 19.4 Å². The summed E-state index contributed by atoms with van der Waals surface area (Å²) in [5.41, 5.74) is -1.36. The lowest BCUT2D eigenvalue weighted by Gasteiger charge is -2.45. The van der Waals surface area contributed by atoms with Crippen LogP contribution in [0.25, 0.3) is 0 Å². The number of carbonyl (C=O) groups excluding carboxylic acids is 2. The SMILES string of the molecule is CCN1C(=O)c2c(OC)c(=O)c(C(=O)NCc3cc(F)c(F)cc3F)cn2[C@H]2CCOC[C@H]21. The highest BCUT2D eigenvalue weighted by Gasteiger charge is 2.43. The van der Waals surface area contributed by atoms with E-state index in [1.54, 1.807) is 9.47 Å². The normalized spacial score (nSPS) is 19.7. The molecule has 1 aromatic heterocycles. The predicted octanol–water partition coefficient (Wildman–Crippen LogP) is 2.01. The van der Waals surface area contributed by atoms with E-state index in [9.17, 15) is 27.6 Å². The number of aromatic nitrogens is 1. The number of nitrogens with one attached hydrogen (secondary N) is 1. The van der Waals surface area contributed by atoms with Gasteiger partial charge in [-0.2, -0.15) is 0 Å². The third kappa shape index (κ3) is 3.86. The van der Waals surface area contributed by atoms with Crippen LogP contribution in [0.4, 0.5) is 13.2 Å². The third-order valence-corrected chi connectivity index (χ3v) is 6.02. The van der Waals surface area contributed by atoms with Gasteiger partial charge in [-0.1, -0.05) is 0 Å². The lowest BCUT2D eigenvalue weighted by molar-refractivity contribution is -0.0176. The largest absolute Gasteiger partial charge is 0.491 e. The van der Waals surface area contributed by atoms with Crippen molar-refractivity contribution in [3.05, 3.63) is 62.8 Å². The van der Waals surface area contributed by atoms with E-state index in [1.807, 2.05) is 6.92 Å². The summed E-state index contributed by atoms with van der Waals surface area (Å²) in [4.78, 5) is 40.6. The van der Waals surface area contributed by atoms with Crippen molar-refractivity contribution in [3.63, 3.8) is 0 Å². The minimum absolute atomic E-state index is 0.0516. The summed E-state index contributed by atoms with van der Waals surface area (Å²) in [6, 6.07) is 0.499. The van der Waals surface area contributed by atoms with Crippen LogP contribution in [0.3, 0.4) is 0 Å². The maximum Gasteiger partial charge on any atom is 0.274 e. The third-order valence-electron chi connectivity index (χ3n) is 6.02. The molecule has 0 spiro atoms. The van der Waals surface area contributed by atoms with Gasteiger partial charge in [0.15, 0.2) is 23.1 Å². The molecule has 8 nitrogen and oxygen atoms in total. The molecular weight excluding hydrogens is 443 g/mol. The molecule has 1 saturated heterocycles. The first-order chi connectivity index (χ1) is 15.8. The van der Waals surface area contributed by atoms with Crippen molar-refractivity contribution in [2.75, 3.05) is 26.9 Å². The first-order valence-electron chi connectivity index (χ1n) is 10.4. The van der Waals surface area contributed by atoms with Gasteiger partial charge in [-0.3, -0.25) is 14.4 Å². The fourth-order valence-electron chi connectivity index (χ4n) is 4.40. The Balaban J connectivity index is 1.72. The number of ether oxygens (including phenoxy) is 2. The zero-order valence-electron chi connectivity index (χ0n) is 18.0.